The molecule has 0 saturated carbocycles. The first-order valence-corrected chi connectivity index (χ1v) is 5.79. The first kappa shape index (κ1) is 23.4. The van der Waals surface area contributed by atoms with Crippen LogP contribution in [0.5, 0.6) is 0 Å². The summed E-state index contributed by atoms with van der Waals surface area (Å²) in [6.07, 6.45) is -13.0. The first-order valence-electron chi connectivity index (χ1n) is 5.79. The summed E-state index contributed by atoms with van der Waals surface area (Å²) in [5.74, 6) is -8.53. The molecule has 0 aromatic heterocycles. The molecular weight excluding hydrogens is 437 g/mol. The van der Waals surface area contributed by atoms with Crippen LogP contribution >= 0.6 is 0 Å². The second kappa shape index (κ2) is 5.95. The van der Waals surface area contributed by atoms with Crippen molar-refractivity contribution in [3.05, 3.63) is 11.8 Å². The Hall–Kier alpha value is -1.59. The largest absolute Gasteiger partial charge is 0.470 e. The van der Waals surface area contributed by atoms with E-state index in [2.05, 4.69) is 4.74 Å². The van der Waals surface area contributed by atoms with Crippen molar-refractivity contribution in [3.8, 4) is 0 Å². The van der Waals surface area contributed by atoms with Crippen molar-refractivity contribution in [2.75, 3.05) is 7.11 Å². The topological polar surface area (TPSA) is 15.7 Å². The molecule has 0 aromatic carbocycles. The Morgan fingerprint density at radius 1 is 0.704 bits per heavy atom. The molecular formula is C9H3F15N2O. The fraction of sp³-hybridized carbons (Fsp3) is 0.778. The fourth-order valence-electron chi connectivity index (χ4n) is 1.76. The van der Waals surface area contributed by atoms with Crippen molar-refractivity contribution in [3.63, 3.8) is 0 Å². The summed E-state index contributed by atoms with van der Waals surface area (Å²) in [6, 6.07) is -29.4. The lowest BCUT2D eigenvalue weighted by molar-refractivity contribution is -0.547. The number of piperazine rings is 1. The van der Waals surface area contributed by atoms with Gasteiger partial charge in [-0.25, -0.2) is 4.90 Å². The van der Waals surface area contributed by atoms with Crippen LogP contribution in [0, 0.1) is 0 Å². The van der Waals surface area contributed by atoms with Crippen LogP contribution in [0.2, 0.25) is 0 Å². The van der Waals surface area contributed by atoms with Gasteiger partial charge in [0.15, 0.2) is 0 Å². The molecule has 3 nitrogen and oxygen atoms in total. The maximum absolute atomic E-state index is 13.5. The minimum atomic E-state index is -7.38. The van der Waals surface area contributed by atoms with Gasteiger partial charge in [0.1, 0.15) is 0 Å². The van der Waals surface area contributed by atoms with Gasteiger partial charge in [0.25, 0.3) is 5.83 Å². The zero-order valence-corrected chi connectivity index (χ0v) is 12.0. The summed E-state index contributed by atoms with van der Waals surface area (Å²) in [5.41, 5.74) is 0. The molecule has 0 bridgehead atoms. The molecule has 18 heteroatoms. The number of methoxy groups -OCH3 is 1. The molecule has 1 aliphatic rings. The number of hydrogen-bond acceptors (Lipinski definition) is 3. The number of alkyl halides is 13. The second-order valence-corrected chi connectivity index (χ2v) is 4.63. The second-order valence-electron chi connectivity index (χ2n) is 4.63. The van der Waals surface area contributed by atoms with Crippen LogP contribution in [0.4, 0.5) is 65.9 Å². The molecule has 1 heterocycles. The summed E-state index contributed by atoms with van der Waals surface area (Å²) >= 11 is 0. The van der Waals surface area contributed by atoms with Gasteiger partial charge >= 0.3 is 36.6 Å². The van der Waals surface area contributed by atoms with Crippen LogP contribution in [-0.4, -0.2) is 53.5 Å². The molecule has 0 radical (unpaired) electrons. The molecule has 1 fully saturated rings. The number of hydrogen-bond donors (Lipinski definition) is 0. The summed E-state index contributed by atoms with van der Waals surface area (Å²) in [6.45, 7) is 0. The van der Waals surface area contributed by atoms with Gasteiger partial charge in [-0.2, -0.15) is 65.9 Å². The molecule has 0 N–H and O–H groups in total. The standard InChI is InChI=1S/C9H3F15N2O/c1-27-4(12,13)2(10)3(11)25-5(14,15)7(18,19)26(9(22,23)24)8(20,21)6(25,16)17/h1H3/b3-2-. The van der Waals surface area contributed by atoms with E-state index in [0.717, 1.165) is 0 Å². The predicted octanol–water partition coefficient (Wildman–Crippen LogP) is 4.84. The quantitative estimate of drug-likeness (QED) is 0.462. The van der Waals surface area contributed by atoms with Crippen LogP contribution in [-0.2, 0) is 4.74 Å². The highest BCUT2D eigenvalue weighted by Crippen LogP contribution is 2.62. The monoisotopic (exact) mass is 440 g/mol. The molecule has 0 amide bonds. The van der Waals surface area contributed by atoms with E-state index in [1.807, 2.05) is 0 Å². The van der Waals surface area contributed by atoms with Crippen LogP contribution < -0.4 is 0 Å². The SMILES string of the molecule is COC(F)(F)/C(F)=C(\F)N1C(F)(F)C(F)(F)N(C(F)(F)F)C(F)(F)C1(F)F. The molecule has 1 rings (SSSR count). The number of halogens is 15. The van der Waals surface area contributed by atoms with Gasteiger partial charge < -0.3 is 4.74 Å². The van der Waals surface area contributed by atoms with Crippen molar-refractivity contribution >= 4 is 0 Å². The minimum Gasteiger partial charge on any atom is -0.318 e. The molecule has 160 valence electrons. The third-order valence-electron chi connectivity index (χ3n) is 2.99. The smallest absolute Gasteiger partial charge is 0.318 e. The molecule has 27 heavy (non-hydrogen) atoms. The molecule has 0 atom stereocenters. The maximum Gasteiger partial charge on any atom is 0.470 e. The summed E-state index contributed by atoms with van der Waals surface area (Å²) < 4.78 is 199. The van der Waals surface area contributed by atoms with E-state index in [4.69, 9.17) is 0 Å². The lowest BCUT2D eigenvalue weighted by Gasteiger charge is -2.53. The van der Waals surface area contributed by atoms with Gasteiger partial charge in [0.2, 0.25) is 5.95 Å². The Labute approximate surface area is 137 Å². The van der Waals surface area contributed by atoms with Crippen molar-refractivity contribution < 1.29 is 70.6 Å². The van der Waals surface area contributed by atoms with E-state index in [-0.39, 0.29) is 7.11 Å². The molecule has 1 aliphatic heterocycles. The lowest BCUT2D eigenvalue weighted by atomic mass is 10.1. The molecule has 0 aromatic rings. The van der Waals surface area contributed by atoms with Gasteiger partial charge in [0, 0.05) is 7.11 Å². The van der Waals surface area contributed by atoms with E-state index in [9.17, 15) is 65.9 Å². The molecule has 0 aliphatic carbocycles. The zero-order valence-electron chi connectivity index (χ0n) is 12.0. The summed E-state index contributed by atoms with van der Waals surface area (Å²) in [5, 5.41) is 0. The predicted molar refractivity (Wildman–Crippen MR) is 50.7 cm³/mol. The van der Waals surface area contributed by atoms with Crippen LogP contribution in [0.15, 0.2) is 11.8 Å². The van der Waals surface area contributed by atoms with E-state index in [1.54, 1.807) is 0 Å². The van der Waals surface area contributed by atoms with Crippen molar-refractivity contribution in [1.29, 1.82) is 0 Å². The summed E-state index contributed by atoms with van der Waals surface area (Å²) in [4.78, 5) is -7.41. The number of rotatable bonds is 3. The average molecular weight is 440 g/mol. The Balaban J connectivity index is 3.88. The maximum atomic E-state index is 13.5. The molecule has 1 saturated heterocycles. The highest BCUT2D eigenvalue weighted by atomic mass is 19.4. The van der Waals surface area contributed by atoms with E-state index in [1.165, 1.54) is 0 Å². The Morgan fingerprint density at radius 2 is 1.04 bits per heavy atom. The fourth-order valence-corrected chi connectivity index (χ4v) is 1.76. The lowest BCUT2D eigenvalue weighted by Crippen LogP contribution is -2.82. The first-order chi connectivity index (χ1) is 11.6. The van der Waals surface area contributed by atoms with Crippen molar-refractivity contribution in [2.24, 2.45) is 0 Å². The average Bonchev–Trinajstić information content (AvgIpc) is 2.41. The van der Waals surface area contributed by atoms with Gasteiger partial charge in [0.05, 0.1) is 0 Å². The highest BCUT2D eigenvalue weighted by molar-refractivity contribution is 5.15. The zero-order chi connectivity index (χ0) is 22.0. The van der Waals surface area contributed by atoms with Crippen LogP contribution in [0.25, 0.3) is 0 Å². The van der Waals surface area contributed by atoms with Crippen LogP contribution in [0.1, 0.15) is 0 Å². The van der Waals surface area contributed by atoms with Crippen molar-refractivity contribution in [1.82, 2.24) is 9.80 Å². The van der Waals surface area contributed by atoms with E-state index in [0.29, 0.717) is 0 Å². The minimum absolute atomic E-state index is 0.173. The molecule has 0 spiro atoms. The third-order valence-corrected chi connectivity index (χ3v) is 2.99. The summed E-state index contributed by atoms with van der Waals surface area (Å²) in [7, 11) is -0.173. The van der Waals surface area contributed by atoms with Gasteiger partial charge in [-0.3, -0.25) is 0 Å². The van der Waals surface area contributed by atoms with Gasteiger partial charge in [-0.1, -0.05) is 4.90 Å². The van der Waals surface area contributed by atoms with Crippen molar-refractivity contribution in [2.45, 2.75) is 36.6 Å². The van der Waals surface area contributed by atoms with Gasteiger partial charge in [-0.05, 0) is 0 Å². The number of nitrogens with zero attached hydrogens (tertiary/aromatic N) is 2. The Morgan fingerprint density at radius 3 is 1.30 bits per heavy atom. The normalized spacial score (nSPS) is 26.0. The van der Waals surface area contributed by atoms with Crippen LogP contribution in [0.3, 0.4) is 0 Å². The number of ether oxygens (including phenoxy) is 1. The molecule has 0 unspecified atom stereocenters. The Bertz CT molecular complexity index is 595. The van der Waals surface area contributed by atoms with E-state index >= 15 is 0 Å². The highest BCUT2D eigenvalue weighted by Gasteiger charge is 2.90. The Kier molecular flexibility index (Phi) is 5.17. The third kappa shape index (κ3) is 3.05. The van der Waals surface area contributed by atoms with E-state index < -0.39 is 58.2 Å². The van der Waals surface area contributed by atoms with Gasteiger partial charge in [-0.15, -0.1) is 0 Å².